The zero-order valence-corrected chi connectivity index (χ0v) is 28.2. The summed E-state index contributed by atoms with van der Waals surface area (Å²) in [4.78, 5) is 88.8. The molecule has 1 saturated carbocycles. The van der Waals surface area contributed by atoms with Crippen LogP contribution in [-0.4, -0.2) is 82.2 Å². The molecule has 15 heteroatoms. The SMILES string of the molecule is CC(=O)NC(C(=O)NC(CCC(=O)O)C(=O)NC(CC1CCCCC1)C(=O)NC(CC(F)F)C(=O)C(=O)O)C(c1ccccc1)c1ccccc1. The lowest BCUT2D eigenvalue weighted by Crippen LogP contribution is -2.59. The molecule has 1 fully saturated rings. The van der Waals surface area contributed by atoms with Crippen molar-refractivity contribution in [3.63, 3.8) is 0 Å². The lowest BCUT2D eigenvalue weighted by atomic mass is 9.84. The number of carbonyl (C=O) groups is 7. The molecule has 276 valence electrons. The predicted molar refractivity (Wildman–Crippen MR) is 179 cm³/mol. The summed E-state index contributed by atoms with van der Waals surface area (Å²) in [6, 6.07) is 11.3. The second-order valence-corrected chi connectivity index (χ2v) is 12.6. The van der Waals surface area contributed by atoms with Gasteiger partial charge in [-0.2, -0.15) is 0 Å². The van der Waals surface area contributed by atoms with E-state index in [0.29, 0.717) is 24.0 Å². The Morgan fingerprint density at radius 2 is 1.22 bits per heavy atom. The Morgan fingerprint density at radius 3 is 1.71 bits per heavy atom. The number of aliphatic carboxylic acids is 2. The number of halogens is 2. The number of carbonyl (C=O) groups excluding carboxylic acids is 5. The van der Waals surface area contributed by atoms with Crippen molar-refractivity contribution in [3.05, 3.63) is 71.8 Å². The average molecular weight is 715 g/mol. The Hall–Kier alpha value is -5.21. The molecular formula is C36H44F2N4O9. The molecule has 0 heterocycles. The van der Waals surface area contributed by atoms with E-state index in [-0.39, 0.29) is 12.3 Å². The third-order valence-corrected chi connectivity index (χ3v) is 8.76. The number of hydrogen-bond acceptors (Lipinski definition) is 7. The number of hydrogen-bond donors (Lipinski definition) is 6. The first kappa shape index (κ1) is 40.2. The summed E-state index contributed by atoms with van der Waals surface area (Å²) >= 11 is 0. The van der Waals surface area contributed by atoms with Gasteiger partial charge >= 0.3 is 11.9 Å². The summed E-state index contributed by atoms with van der Waals surface area (Å²) in [6.07, 6.45) is -1.39. The number of rotatable bonds is 19. The van der Waals surface area contributed by atoms with Crippen molar-refractivity contribution in [2.24, 2.45) is 5.92 Å². The highest BCUT2D eigenvalue weighted by Crippen LogP contribution is 2.29. The maximum Gasteiger partial charge on any atom is 0.374 e. The molecule has 0 saturated heterocycles. The van der Waals surface area contributed by atoms with E-state index in [1.807, 2.05) is 0 Å². The van der Waals surface area contributed by atoms with E-state index in [4.69, 9.17) is 5.11 Å². The van der Waals surface area contributed by atoms with Gasteiger partial charge in [0.1, 0.15) is 24.2 Å². The van der Waals surface area contributed by atoms with E-state index in [9.17, 15) is 47.4 Å². The van der Waals surface area contributed by atoms with Crippen LogP contribution in [0.25, 0.3) is 0 Å². The van der Waals surface area contributed by atoms with Gasteiger partial charge in [0.15, 0.2) is 0 Å². The van der Waals surface area contributed by atoms with Crippen molar-refractivity contribution >= 4 is 41.4 Å². The Morgan fingerprint density at radius 1 is 0.706 bits per heavy atom. The number of nitrogens with one attached hydrogen (secondary N) is 4. The first-order chi connectivity index (χ1) is 24.3. The summed E-state index contributed by atoms with van der Waals surface area (Å²) in [5, 5.41) is 28.3. The maximum atomic E-state index is 14.1. The zero-order chi connectivity index (χ0) is 37.5. The minimum atomic E-state index is -3.13. The van der Waals surface area contributed by atoms with Gasteiger partial charge in [0.25, 0.3) is 5.78 Å². The highest BCUT2D eigenvalue weighted by atomic mass is 19.3. The van der Waals surface area contributed by atoms with Crippen LogP contribution in [0.15, 0.2) is 60.7 Å². The quantitative estimate of drug-likeness (QED) is 0.118. The first-order valence-corrected chi connectivity index (χ1v) is 16.8. The molecule has 4 amide bonds. The molecule has 4 atom stereocenters. The summed E-state index contributed by atoms with van der Waals surface area (Å²) in [6.45, 7) is 1.22. The Kier molecular flexibility index (Phi) is 15.6. The molecule has 51 heavy (non-hydrogen) atoms. The third kappa shape index (κ3) is 12.9. The van der Waals surface area contributed by atoms with E-state index in [1.54, 1.807) is 60.7 Å². The van der Waals surface area contributed by atoms with E-state index >= 15 is 0 Å². The van der Waals surface area contributed by atoms with Crippen molar-refractivity contribution < 1.29 is 52.6 Å². The van der Waals surface area contributed by atoms with Gasteiger partial charge in [-0.3, -0.25) is 28.8 Å². The normalized spacial score (nSPS) is 15.5. The predicted octanol–water partition coefficient (Wildman–Crippen LogP) is 2.92. The molecule has 0 aliphatic heterocycles. The van der Waals surface area contributed by atoms with E-state index in [0.717, 1.165) is 19.3 Å². The van der Waals surface area contributed by atoms with Crippen LogP contribution >= 0.6 is 0 Å². The number of alkyl halides is 2. The van der Waals surface area contributed by atoms with Crippen molar-refractivity contribution in [1.29, 1.82) is 0 Å². The van der Waals surface area contributed by atoms with Crippen molar-refractivity contribution in [2.45, 2.75) is 101 Å². The molecule has 13 nitrogen and oxygen atoms in total. The summed E-state index contributed by atoms with van der Waals surface area (Å²) in [5.74, 6) is -9.25. The van der Waals surface area contributed by atoms with Crippen LogP contribution in [0, 0.1) is 5.92 Å². The molecule has 6 N–H and O–H groups in total. The maximum absolute atomic E-state index is 14.1. The van der Waals surface area contributed by atoms with Crippen molar-refractivity contribution in [2.75, 3.05) is 0 Å². The molecule has 3 rings (SSSR count). The molecule has 1 aliphatic carbocycles. The first-order valence-electron chi connectivity index (χ1n) is 16.8. The van der Waals surface area contributed by atoms with Gasteiger partial charge in [-0.15, -0.1) is 0 Å². The van der Waals surface area contributed by atoms with Gasteiger partial charge in [0.05, 0.1) is 0 Å². The molecule has 0 spiro atoms. The smallest absolute Gasteiger partial charge is 0.374 e. The van der Waals surface area contributed by atoms with Crippen molar-refractivity contribution in [3.8, 4) is 0 Å². The summed E-state index contributed by atoms with van der Waals surface area (Å²) < 4.78 is 26.5. The average Bonchev–Trinajstić information content (AvgIpc) is 3.09. The second kappa shape index (κ2) is 19.8. The fourth-order valence-electron chi connectivity index (χ4n) is 6.31. The van der Waals surface area contributed by atoms with Crippen LogP contribution in [0.2, 0.25) is 0 Å². The lowest BCUT2D eigenvalue weighted by molar-refractivity contribution is -0.151. The Balaban J connectivity index is 1.95. The fraction of sp³-hybridized carbons (Fsp3) is 0.472. The van der Waals surface area contributed by atoms with Crippen molar-refractivity contribution in [1.82, 2.24) is 21.3 Å². The number of benzene rings is 2. The van der Waals surface area contributed by atoms with Gasteiger partial charge < -0.3 is 31.5 Å². The van der Waals surface area contributed by atoms with E-state index in [1.165, 1.54) is 6.92 Å². The molecule has 2 aromatic rings. The number of ketones is 1. The molecule has 1 aliphatic rings. The molecular weight excluding hydrogens is 670 g/mol. The van der Waals surface area contributed by atoms with Gasteiger partial charge in [-0.1, -0.05) is 92.8 Å². The molecule has 4 unspecified atom stereocenters. The fourth-order valence-corrected chi connectivity index (χ4v) is 6.31. The number of amides is 4. The van der Waals surface area contributed by atoms with Crippen LogP contribution in [0.5, 0.6) is 0 Å². The topological polar surface area (TPSA) is 208 Å². The van der Waals surface area contributed by atoms with Crippen LogP contribution in [0.1, 0.15) is 81.8 Å². The Labute approximate surface area is 293 Å². The van der Waals surface area contributed by atoms with Crippen LogP contribution in [0.3, 0.4) is 0 Å². The van der Waals surface area contributed by atoms with Gasteiger partial charge in [0, 0.05) is 25.7 Å². The summed E-state index contributed by atoms with van der Waals surface area (Å²) in [7, 11) is 0. The van der Waals surface area contributed by atoms with Crippen LogP contribution in [0.4, 0.5) is 8.78 Å². The number of carboxylic acids is 2. The molecule has 2 aromatic carbocycles. The van der Waals surface area contributed by atoms with Gasteiger partial charge in [0.2, 0.25) is 30.1 Å². The molecule has 0 bridgehead atoms. The van der Waals surface area contributed by atoms with Gasteiger partial charge in [-0.05, 0) is 29.9 Å². The lowest BCUT2D eigenvalue weighted by Gasteiger charge is -2.31. The Bertz CT molecular complexity index is 1480. The zero-order valence-electron chi connectivity index (χ0n) is 28.2. The van der Waals surface area contributed by atoms with Crippen LogP contribution in [-0.2, 0) is 33.6 Å². The number of carboxylic acid groups (broad SMARTS) is 2. The largest absolute Gasteiger partial charge is 0.481 e. The second-order valence-electron chi connectivity index (χ2n) is 12.6. The highest BCUT2D eigenvalue weighted by Gasteiger charge is 2.37. The van der Waals surface area contributed by atoms with Crippen LogP contribution < -0.4 is 21.3 Å². The standard InChI is InChI=1S/C36H44F2N4O9/c1-21(43)39-31(30(23-13-7-3-8-14-23)24-15-9-4-10-16-24)35(49)40-25(17-18-29(44)45)33(47)42-27(19-22-11-5-2-6-12-22)34(48)41-26(20-28(37)38)32(46)36(50)51/h3-4,7-10,13-16,22,25-28,30-31H,2,5-6,11-12,17-20H2,1H3,(H,39,43)(H,40,49)(H,41,48)(H,42,47)(H,44,45)(H,50,51). The minimum Gasteiger partial charge on any atom is -0.481 e. The number of Topliss-reactive ketones (excluding diaryl/α,β-unsaturated/α-hetero) is 1. The van der Waals surface area contributed by atoms with E-state index < -0.39 is 97.1 Å². The monoisotopic (exact) mass is 714 g/mol. The summed E-state index contributed by atoms with van der Waals surface area (Å²) in [5.41, 5.74) is 1.31. The van der Waals surface area contributed by atoms with E-state index in [2.05, 4.69) is 21.3 Å². The molecule has 0 radical (unpaired) electrons. The highest BCUT2D eigenvalue weighted by molar-refractivity contribution is 6.35. The molecule has 0 aromatic heterocycles. The third-order valence-electron chi connectivity index (χ3n) is 8.76. The van der Waals surface area contributed by atoms with Gasteiger partial charge in [-0.25, -0.2) is 13.6 Å². The minimum absolute atomic E-state index is 0.0123.